The molecule has 0 saturated carbocycles. The minimum Gasteiger partial charge on any atom is -0.348 e. The summed E-state index contributed by atoms with van der Waals surface area (Å²) in [6.45, 7) is 6.99. The Morgan fingerprint density at radius 1 is 1.43 bits per heavy atom. The maximum Gasteiger partial charge on any atom is 0.205 e. The average Bonchev–Trinajstić information content (AvgIpc) is 2.50. The SMILES string of the molecule is CC(N)CN(C)c1nc(C(C)C)ns1. The van der Waals surface area contributed by atoms with Gasteiger partial charge < -0.3 is 10.6 Å². The molecule has 14 heavy (non-hydrogen) atoms. The number of likely N-dealkylation sites (N-methyl/N-ethyl adjacent to an activating group) is 1. The molecule has 0 aliphatic heterocycles. The Kier molecular flexibility index (Phi) is 3.83. The van der Waals surface area contributed by atoms with Gasteiger partial charge in [0.2, 0.25) is 5.13 Å². The molecule has 5 heteroatoms. The lowest BCUT2D eigenvalue weighted by Crippen LogP contribution is -2.32. The molecular formula is C9H18N4S. The summed E-state index contributed by atoms with van der Waals surface area (Å²) in [6.07, 6.45) is 0. The minimum absolute atomic E-state index is 0.159. The van der Waals surface area contributed by atoms with Gasteiger partial charge in [-0.3, -0.25) is 0 Å². The van der Waals surface area contributed by atoms with Gasteiger partial charge in [0, 0.05) is 37.1 Å². The number of nitrogens with zero attached hydrogens (tertiary/aromatic N) is 3. The van der Waals surface area contributed by atoms with Gasteiger partial charge in [0.15, 0.2) is 0 Å². The van der Waals surface area contributed by atoms with Gasteiger partial charge in [-0.2, -0.15) is 4.37 Å². The highest BCUT2D eigenvalue weighted by Gasteiger charge is 2.11. The van der Waals surface area contributed by atoms with Gasteiger partial charge in [0.1, 0.15) is 5.82 Å². The van der Waals surface area contributed by atoms with Crippen molar-refractivity contribution in [3.8, 4) is 0 Å². The fourth-order valence-electron chi connectivity index (χ4n) is 1.13. The van der Waals surface area contributed by atoms with Crippen LogP contribution in [0.1, 0.15) is 32.5 Å². The van der Waals surface area contributed by atoms with Gasteiger partial charge in [0.25, 0.3) is 0 Å². The molecule has 1 aromatic rings. The summed E-state index contributed by atoms with van der Waals surface area (Å²) in [6, 6.07) is 0.159. The van der Waals surface area contributed by atoms with Crippen molar-refractivity contribution in [2.24, 2.45) is 5.73 Å². The van der Waals surface area contributed by atoms with Crippen molar-refractivity contribution in [3.63, 3.8) is 0 Å². The van der Waals surface area contributed by atoms with Crippen LogP contribution in [0.3, 0.4) is 0 Å². The monoisotopic (exact) mass is 214 g/mol. The highest BCUT2D eigenvalue weighted by Crippen LogP contribution is 2.20. The molecule has 80 valence electrons. The second-order valence-corrected chi connectivity index (χ2v) is 4.68. The number of nitrogens with two attached hydrogens (primary N) is 1. The molecule has 0 bridgehead atoms. The number of anilines is 1. The first-order chi connectivity index (χ1) is 6.50. The van der Waals surface area contributed by atoms with Crippen LogP contribution in [0, 0.1) is 0 Å². The Morgan fingerprint density at radius 3 is 2.50 bits per heavy atom. The van der Waals surface area contributed by atoms with Crippen molar-refractivity contribution < 1.29 is 0 Å². The zero-order chi connectivity index (χ0) is 10.7. The van der Waals surface area contributed by atoms with Gasteiger partial charge in [-0.1, -0.05) is 13.8 Å². The lowest BCUT2D eigenvalue weighted by Gasteiger charge is -2.17. The minimum atomic E-state index is 0.159. The van der Waals surface area contributed by atoms with Crippen molar-refractivity contribution in [2.75, 3.05) is 18.5 Å². The zero-order valence-electron chi connectivity index (χ0n) is 9.19. The largest absolute Gasteiger partial charge is 0.348 e. The predicted molar refractivity (Wildman–Crippen MR) is 60.9 cm³/mol. The maximum atomic E-state index is 5.71. The molecule has 0 radical (unpaired) electrons. The molecule has 0 fully saturated rings. The molecule has 2 N–H and O–H groups in total. The quantitative estimate of drug-likeness (QED) is 0.824. The van der Waals surface area contributed by atoms with E-state index < -0.39 is 0 Å². The van der Waals surface area contributed by atoms with Crippen molar-refractivity contribution in [2.45, 2.75) is 32.7 Å². The highest BCUT2D eigenvalue weighted by molar-refractivity contribution is 7.09. The van der Waals surface area contributed by atoms with E-state index in [1.54, 1.807) is 0 Å². The number of rotatable bonds is 4. The first kappa shape index (κ1) is 11.4. The standard InChI is InChI=1S/C9H18N4S/c1-6(2)8-11-9(14-12-8)13(4)5-7(3)10/h6-7H,5,10H2,1-4H3. The maximum absolute atomic E-state index is 5.71. The van der Waals surface area contributed by atoms with Crippen LogP contribution in [0.15, 0.2) is 0 Å². The first-order valence-corrected chi connectivity index (χ1v) is 5.58. The number of hydrogen-bond acceptors (Lipinski definition) is 5. The van der Waals surface area contributed by atoms with Crippen molar-refractivity contribution in [3.05, 3.63) is 5.82 Å². The molecule has 1 unspecified atom stereocenters. The Balaban J connectivity index is 2.66. The van der Waals surface area contributed by atoms with Crippen LogP contribution in [-0.4, -0.2) is 29.0 Å². The second-order valence-electron chi connectivity index (χ2n) is 3.95. The molecule has 0 aliphatic rings. The van der Waals surface area contributed by atoms with E-state index in [0.29, 0.717) is 5.92 Å². The van der Waals surface area contributed by atoms with Gasteiger partial charge in [0.05, 0.1) is 0 Å². The number of aromatic nitrogens is 2. The van der Waals surface area contributed by atoms with E-state index in [2.05, 4.69) is 23.2 Å². The summed E-state index contributed by atoms with van der Waals surface area (Å²) < 4.78 is 4.29. The Labute approximate surface area is 89.3 Å². The van der Waals surface area contributed by atoms with Gasteiger partial charge in [-0.05, 0) is 6.92 Å². The van der Waals surface area contributed by atoms with E-state index in [1.807, 2.05) is 18.9 Å². The van der Waals surface area contributed by atoms with Crippen LogP contribution in [0.25, 0.3) is 0 Å². The van der Waals surface area contributed by atoms with E-state index in [0.717, 1.165) is 17.5 Å². The second kappa shape index (κ2) is 4.70. The van der Waals surface area contributed by atoms with Crippen molar-refractivity contribution >= 4 is 16.7 Å². The third-order valence-electron chi connectivity index (χ3n) is 1.84. The van der Waals surface area contributed by atoms with Crippen LogP contribution in [0.2, 0.25) is 0 Å². The smallest absolute Gasteiger partial charge is 0.205 e. The molecule has 0 aliphatic carbocycles. The fraction of sp³-hybridized carbons (Fsp3) is 0.778. The van der Waals surface area contributed by atoms with E-state index in [1.165, 1.54) is 11.5 Å². The Bertz CT molecular complexity index is 282. The van der Waals surface area contributed by atoms with Crippen molar-refractivity contribution in [1.29, 1.82) is 0 Å². The van der Waals surface area contributed by atoms with E-state index in [9.17, 15) is 0 Å². The fourth-order valence-corrected chi connectivity index (χ4v) is 1.90. The summed E-state index contributed by atoms with van der Waals surface area (Å²) in [7, 11) is 1.99. The van der Waals surface area contributed by atoms with E-state index >= 15 is 0 Å². The Hall–Kier alpha value is -0.680. The lowest BCUT2D eigenvalue weighted by atomic mass is 10.2. The van der Waals surface area contributed by atoms with Crippen LogP contribution in [-0.2, 0) is 0 Å². The molecule has 4 nitrogen and oxygen atoms in total. The highest BCUT2D eigenvalue weighted by atomic mass is 32.1. The average molecular weight is 214 g/mol. The first-order valence-electron chi connectivity index (χ1n) is 4.81. The van der Waals surface area contributed by atoms with Gasteiger partial charge >= 0.3 is 0 Å². The van der Waals surface area contributed by atoms with Crippen LogP contribution < -0.4 is 10.6 Å². The van der Waals surface area contributed by atoms with Crippen LogP contribution in [0.4, 0.5) is 5.13 Å². The van der Waals surface area contributed by atoms with Gasteiger partial charge in [-0.15, -0.1) is 0 Å². The van der Waals surface area contributed by atoms with Crippen LogP contribution >= 0.6 is 11.5 Å². The summed E-state index contributed by atoms with van der Waals surface area (Å²) >= 11 is 1.44. The molecule has 1 heterocycles. The molecular weight excluding hydrogens is 196 g/mol. The van der Waals surface area contributed by atoms with E-state index in [-0.39, 0.29) is 6.04 Å². The molecule has 1 atom stereocenters. The summed E-state index contributed by atoms with van der Waals surface area (Å²) in [5.74, 6) is 1.31. The third kappa shape index (κ3) is 2.92. The molecule has 0 spiro atoms. The normalized spacial score (nSPS) is 13.3. The molecule has 1 rings (SSSR count). The van der Waals surface area contributed by atoms with Crippen LogP contribution in [0.5, 0.6) is 0 Å². The summed E-state index contributed by atoms with van der Waals surface area (Å²) in [5, 5.41) is 0.950. The van der Waals surface area contributed by atoms with Gasteiger partial charge in [-0.25, -0.2) is 4.98 Å². The molecule has 0 saturated heterocycles. The summed E-state index contributed by atoms with van der Waals surface area (Å²) in [4.78, 5) is 6.49. The van der Waals surface area contributed by atoms with Crippen molar-refractivity contribution in [1.82, 2.24) is 9.36 Å². The zero-order valence-corrected chi connectivity index (χ0v) is 10.0. The molecule has 0 aromatic carbocycles. The number of hydrogen-bond donors (Lipinski definition) is 1. The Morgan fingerprint density at radius 2 is 2.07 bits per heavy atom. The molecule has 1 aromatic heterocycles. The lowest BCUT2D eigenvalue weighted by molar-refractivity contribution is 0.712. The predicted octanol–water partition coefficient (Wildman–Crippen LogP) is 1.44. The summed E-state index contributed by atoms with van der Waals surface area (Å²) in [5.41, 5.74) is 5.71. The third-order valence-corrected chi connectivity index (χ3v) is 2.68. The van der Waals surface area contributed by atoms with E-state index in [4.69, 9.17) is 5.73 Å². The topological polar surface area (TPSA) is 55.0 Å². The molecule has 0 amide bonds.